The van der Waals surface area contributed by atoms with Crippen molar-refractivity contribution in [3.8, 4) is 11.8 Å². The van der Waals surface area contributed by atoms with Crippen molar-refractivity contribution < 1.29 is 17.9 Å². The maximum absolute atomic E-state index is 13.3. The van der Waals surface area contributed by atoms with E-state index in [1.807, 2.05) is 0 Å². The molecule has 0 aliphatic rings. The number of hydrogen-bond donors (Lipinski definition) is 0. The normalized spacial score (nSPS) is 9.80. The molecular formula is C10H8F3NO. The summed E-state index contributed by atoms with van der Waals surface area (Å²) in [5.41, 5.74) is -0.569. The molecule has 1 rings (SSSR count). The van der Waals surface area contributed by atoms with Crippen LogP contribution < -0.4 is 4.74 Å². The van der Waals surface area contributed by atoms with E-state index in [4.69, 9.17) is 10.00 Å². The number of hydrogen-bond acceptors (Lipinski definition) is 2. The van der Waals surface area contributed by atoms with Gasteiger partial charge in [-0.1, -0.05) is 6.92 Å². The zero-order chi connectivity index (χ0) is 11.4. The van der Waals surface area contributed by atoms with E-state index in [2.05, 4.69) is 0 Å². The lowest BCUT2D eigenvalue weighted by atomic mass is 10.2. The monoisotopic (exact) mass is 215 g/mol. The van der Waals surface area contributed by atoms with Crippen LogP contribution >= 0.6 is 0 Å². The van der Waals surface area contributed by atoms with Gasteiger partial charge in [-0.05, 0) is 12.5 Å². The Hall–Kier alpha value is -1.70. The van der Waals surface area contributed by atoms with E-state index in [1.54, 1.807) is 6.92 Å². The van der Waals surface area contributed by atoms with Gasteiger partial charge in [0.25, 0.3) is 0 Å². The van der Waals surface area contributed by atoms with Gasteiger partial charge in [-0.25, -0.2) is 8.78 Å². The highest BCUT2D eigenvalue weighted by molar-refractivity contribution is 5.40. The van der Waals surface area contributed by atoms with Crippen LogP contribution in [-0.4, -0.2) is 6.61 Å². The molecule has 0 amide bonds. The van der Waals surface area contributed by atoms with E-state index >= 15 is 0 Å². The first-order chi connectivity index (χ1) is 7.11. The number of nitrogens with zero attached hydrogens (tertiary/aromatic N) is 1. The molecule has 0 spiro atoms. The highest BCUT2D eigenvalue weighted by Gasteiger charge is 2.19. The fourth-order valence-electron chi connectivity index (χ4n) is 0.993. The summed E-state index contributed by atoms with van der Waals surface area (Å²) in [6.07, 6.45) is 0.525. The molecule has 1 aromatic carbocycles. The smallest absolute Gasteiger partial charge is 0.203 e. The standard InChI is InChI=1S/C10H8F3NO/c1-2-3-15-10-8(12)6(5-14)4-7(11)9(10)13/h4H,2-3H2,1H3. The number of nitriles is 1. The van der Waals surface area contributed by atoms with E-state index in [0.717, 1.165) is 0 Å². The second-order valence-electron chi connectivity index (χ2n) is 2.82. The van der Waals surface area contributed by atoms with E-state index in [0.29, 0.717) is 12.5 Å². The summed E-state index contributed by atoms with van der Waals surface area (Å²) in [5, 5.41) is 8.45. The molecule has 0 aliphatic carbocycles. The summed E-state index contributed by atoms with van der Waals surface area (Å²) in [5.74, 6) is -4.68. The van der Waals surface area contributed by atoms with Crippen LogP contribution in [0.4, 0.5) is 13.2 Å². The molecule has 1 aromatic rings. The molecule has 15 heavy (non-hydrogen) atoms. The highest BCUT2D eigenvalue weighted by atomic mass is 19.2. The van der Waals surface area contributed by atoms with Crippen LogP contribution in [0.2, 0.25) is 0 Å². The second kappa shape index (κ2) is 4.69. The quantitative estimate of drug-likeness (QED) is 0.726. The van der Waals surface area contributed by atoms with Gasteiger partial charge in [0.1, 0.15) is 6.07 Å². The molecule has 80 valence electrons. The molecule has 0 heterocycles. The molecule has 0 bridgehead atoms. The minimum atomic E-state index is -1.40. The van der Waals surface area contributed by atoms with Crippen molar-refractivity contribution in [2.75, 3.05) is 6.61 Å². The Morgan fingerprint density at radius 1 is 1.33 bits per heavy atom. The molecule has 0 saturated heterocycles. The summed E-state index contributed by atoms with van der Waals surface area (Å²) in [6.45, 7) is 1.79. The minimum Gasteiger partial charge on any atom is -0.488 e. The molecule has 0 radical (unpaired) electrons. The Bertz CT molecular complexity index is 412. The van der Waals surface area contributed by atoms with Crippen molar-refractivity contribution in [3.63, 3.8) is 0 Å². The zero-order valence-corrected chi connectivity index (χ0v) is 7.98. The third kappa shape index (κ3) is 2.21. The van der Waals surface area contributed by atoms with Crippen molar-refractivity contribution in [1.29, 1.82) is 5.26 Å². The van der Waals surface area contributed by atoms with E-state index < -0.39 is 28.8 Å². The third-order valence-corrected chi connectivity index (χ3v) is 1.69. The third-order valence-electron chi connectivity index (χ3n) is 1.69. The van der Waals surface area contributed by atoms with Crippen LogP contribution in [0, 0.1) is 28.8 Å². The molecule has 0 N–H and O–H groups in total. The van der Waals surface area contributed by atoms with Gasteiger partial charge in [-0.15, -0.1) is 0 Å². The SMILES string of the molecule is CCCOc1c(F)c(F)cc(C#N)c1F. The summed E-state index contributed by atoms with van der Waals surface area (Å²) >= 11 is 0. The molecular weight excluding hydrogens is 207 g/mol. The van der Waals surface area contributed by atoms with Gasteiger partial charge in [0, 0.05) is 0 Å². The number of ether oxygens (including phenoxy) is 1. The number of benzene rings is 1. The number of rotatable bonds is 3. The van der Waals surface area contributed by atoms with Crippen LogP contribution in [0.5, 0.6) is 5.75 Å². The first-order valence-electron chi connectivity index (χ1n) is 4.32. The zero-order valence-electron chi connectivity index (χ0n) is 7.98. The van der Waals surface area contributed by atoms with Gasteiger partial charge in [0.05, 0.1) is 12.2 Å². The average molecular weight is 215 g/mol. The predicted molar refractivity (Wildman–Crippen MR) is 46.8 cm³/mol. The fourth-order valence-corrected chi connectivity index (χ4v) is 0.993. The lowest BCUT2D eigenvalue weighted by molar-refractivity contribution is 0.278. The van der Waals surface area contributed by atoms with Crippen molar-refractivity contribution in [2.45, 2.75) is 13.3 Å². The lowest BCUT2D eigenvalue weighted by Crippen LogP contribution is -2.04. The first kappa shape index (κ1) is 11.4. The lowest BCUT2D eigenvalue weighted by Gasteiger charge is -2.08. The van der Waals surface area contributed by atoms with Gasteiger partial charge in [0.15, 0.2) is 17.4 Å². The molecule has 5 heteroatoms. The average Bonchev–Trinajstić information content (AvgIpc) is 2.23. The van der Waals surface area contributed by atoms with Gasteiger partial charge < -0.3 is 4.74 Å². The number of halogens is 3. The Labute approximate surface area is 84.9 Å². The molecule has 0 unspecified atom stereocenters. The van der Waals surface area contributed by atoms with E-state index in [-0.39, 0.29) is 6.61 Å². The van der Waals surface area contributed by atoms with Crippen LogP contribution in [0.15, 0.2) is 6.07 Å². The molecule has 0 aliphatic heterocycles. The minimum absolute atomic E-state index is 0.0577. The molecule has 0 fully saturated rings. The van der Waals surface area contributed by atoms with Gasteiger partial charge in [0.2, 0.25) is 5.82 Å². The maximum atomic E-state index is 13.3. The van der Waals surface area contributed by atoms with Crippen molar-refractivity contribution in [2.24, 2.45) is 0 Å². The van der Waals surface area contributed by atoms with Crippen molar-refractivity contribution in [1.82, 2.24) is 0 Å². The van der Waals surface area contributed by atoms with Crippen molar-refractivity contribution >= 4 is 0 Å². The van der Waals surface area contributed by atoms with Gasteiger partial charge in [-0.2, -0.15) is 9.65 Å². The van der Waals surface area contributed by atoms with Gasteiger partial charge >= 0.3 is 0 Å². The summed E-state index contributed by atoms with van der Waals surface area (Å²) in [4.78, 5) is 0. The molecule has 0 atom stereocenters. The van der Waals surface area contributed by atoms with Gasteiger partial charge in [-0.3, -0.25) is 0 Å². The van der Waals surface area contributed by atoms with Crippen LogP contribution in [0.1, 0.15) is 18.9 Å². The van der Waals surface area contributed by atoms with Crippen LogP contribution in [0.3, 0.4) is 0 Å². The van der Waals surface area contributed by atoms with Crippen LogP contribution in [-0.2, 0) is 0 Å². The summed E-state index contributed by atoms with van der Waals surface area (Å²) in [7, 11) is 0. The first-order valence-corrected chi connectivity index (χ1v) is 4.32. The van der Waals surface area contributed by atoms with Crippen LogP contribution in [0.25, 0.3) is 0 Å². The topological polar surface area (TPSA) is 33.0 Å². The summed E-state index contributed by atoms with van der Waals surface area (Å²) in [6, 6.07) is 1.92. The molecule has 0 aromatic heterocycles. The predicted octanol–water partition coefficient (Wildman–Crippen LogP) is 2.76. The second-order valence-corrected chi connectivity index (χ2v) is 2.82. The molecule has 2 nitrogen and oxygen atoms in total. The fraction of sp³-hybridized carbons (Fsp3) is 0.300. The Kier molecular flexibility index (Phi) is 3.56. The molecule has 0 saturated carbocycles. The maximum Gasteiger partial charge on any atom is 0.203 e. The highest BCUT2D eigenvalue weighted by Crippen LogP contribution is 2.26. The Morgan fingerprint density at radius 3 is 2.53 bits per heavy atom. The van der Waals surface area contributed by atoms with Crippen molar-refractivity contribution in [3.05, 3.63) is 29.1 Å². The summed E-state index contributed by atoms with van der Waals surface area (Å²) < 4.78 is 43.9. The van der Waals surface area contributed by atoms with E-state index in [9.17, 15) is 13.2 Å². The Morgan fingerprint density at radius 2 is 2.00 bits per heavy atom. The Balaban J connectivity index is 3.23. The largest absolute Gasteiger partial charge is 0.488 e. The van der Waals surface area contributed by atoms with E-state index in [1.165, 1.54) is 6.07 Å².